The van der Waals surface area contributed by atoms with E-state index in [1.54, 1.807) is 6.20 Å². The number of pyridine rings is 1. The summed E-state index contributed by atoms with van der Waals surface area (Å²) in [4.78, 5) is 4.23. The molecule has 3 rings (SSSR count). The third-order valence-electron chi connectivity index (χ3n) is 2.41. The normalized spacial score (nSPS) is 11.3. The van der Waals surface area contributed by atoms with Gasteiger partial charge in [0.15, 0.2) is 0 Å². The lowest BCUT2D eigenvalue weighted by molar-refractivity contribution is 1.30. The molecule has 17 heavy (non-hydrogen) atoms. The molecule has 0 aliphatic rings. The molecule has 0 saturated heterocycles. The first-order valence-corrected chi connectivity index (χ1v) is 5.96. The van der Waals surface area contributed by atoms with Crippen LogP contribution >= 0.6 is 11.7 Å². The summed E-state index contributed by atoms with van der Waals surface area (Å²) in [7, 11) is 0. The van der Waals surface area contributed by atoms with E-state index in [1.165, 1.54) is 11.7 Å². The minimum Gasteiger partial charge on any atom is -0.257 e. The molecule has 0 radical (unpaired) electrons. The Kier molecular flexibility index (Phi) is 2.63. The van der Waals surface area contributed by atoms with Gasteiger partial charge in [-0.2, -0.15) is 8.75 Å². The molecule has 2 heterocycles. The average molecular weight is 239 g/mol. The summed E-state index contributed by atoms with van der Waals surface area (Å²) in [5.41, 5.74) is 3.95. The van der Waals surface area contributed by atoms with Gasteiger partial charge < -0.3 is 0 Å². The molecule has 0 N–H and O–H groups in total. The number of nitrogens with zero attached hydrogens (tertiary/aromatic N) is 3. The van der Waals surface area contributed by atoms with Gasteiger partial charge in [-0.15, -0.1) is 0 Å². The number of hydrogen-bond acceptors (Lipinski definition) is 4. The van der Waals surface area contributed by atoms with E-state index in [0.717, 1.165) is 22.3 Å². The van der Waals surface area contributed by atoms with Gasteiger partial charge in [-0.1, -0.05) is 18.2 Å². The molecular weight excluding hydrogens is 230 g/mol. The first kappa shape index (κ1) is 10.1. The summed E-state index contributed by atoms with van der Waals surface area (Å²) in [6.07, 6.45) is 5.80. The van der Waals surface area contributed by atoms with Crippen LogP contribution in [0.15, 0.2) is 42.6 Å². The fourth-order valence-electron chi connectivity index (χ4n) is 1.56. The highest BCUT2D eigenvalue weighted by Crippen LogP contribution is 2.15. The SMILES string of the molecule is C(=Cc1ccccn1)c1ccc2nsnc2c1. The number of benzene rings is 1. The van der Waals surface area contributed by atoms with Crippen molar-refractivity contribution in [3.05, 3.63) is 53.9 Å². The average Bonchev–Trinajstić information content (AvgIpc) is 2.85. The van der Waals surface area contributed by atoms with Crippen molar-refractivity contribution >= 4 is 34.9 Å². The molecule has 0 atom stereocenters. The van der Waals surface area contributed by atoms with Crippen molar-refractivity contribution in [2.24, 2.45) is 0 Å². The second kappa shape index (κ2) is 4.43. The molecule has 0 aliphatic carbocycles. The Labute approximate surface area is 103 Å². The zero-order valence-electron chi connectivity index (χ0n) is 8.95. The van der Waals surface area contributed by atoms with Gasteiger partial charge in [0.2, 0.25) is 0 Å². The number of aromatic nitrogens is 3. The maximum atomic E-state index is 4.23. The van der Waals surface area contributed by atoms with E-state index in [2.05, 4.69) is 13.7 Å². The van der Waals surface area contributed by atoms with E-state index >= 15 is 0 Å². The van der Waals surface area contributed by atoms with Crippen molar-refractivity contribution in [3.63, 3.8) is 0 Å². The van der Waals surface area contributed by atoms with E-state index < -0.39 is 0 Å². The van der Waals surface area contributed by atoms with Crippen molar-refractivity contribution in [1.29, 1.82) is 0 Å². The van der Waals surface area contributed by atoms with E-state index in [0.29, 0.717) is 0 Å². The molecule has 0 unspecified atom stereocenters. The summed E-state index contributed by atoms with van der Waals surface area (Å²) in [6.45, 7) is 0. The van der Waals surface area contributed by atoms with Gasteiger partial charge in [-0.25, -0.2) is 0 Å². The van der Waals surface area contributed by atoms with Crippen molar-refractivity contribution in [3.8, 4) is 0 Å². The van der Waals surface area contributed by atoms with E-state index in [9.17, 15) is 0 Å². The molecule has 1 aromatic carbocycles. The highest BCUT2D eigenvalue weighted by molar-refractivity contribution is 7.00. The summed E-state index contributed by atoms with van der Waals surface area (Å²) in [5.74, 6) is 0. The molecule has 0 amide bonds. The fourth-order valence-corrected chi connectivity index (χ4v) is 2.08. The van der Waals surface area contributed by atoms with Crippen molar-refractivity contribution in [2.75, 3.05) is 0 Å². The van der Waals surface area contributed by atoms with E-state index in [4.69, 9.17) is 0 Å². The van der Waals surface area contributed by atoms with Gasteiger partial charge in [-0.05, 0) is 35.9 Å². The second-order valence-corrected chi connectivity index (χ2v) is 4.13. The lowest BCUT2D eigenvalue weighted by Gasteiger charge is -1.93. The van der Waals surface area contributed by atoms with Crippen LogP contribution < -0.4 is 0 Å². The van der Waals surface area contributed by atoms with Crippen molar-refractivity contribution < 1.29 is 0 Å². The van der Waals surface area contributed by atoms with Gasteiger partial charge in [-0.3, -0.25) is 4.98 Å². The zero-order chi connectivity index (χ0) is 11.5. The molecule has 2 aromatic heterocycles. The smallest absolute Gasteiger partial charge is 0.105 e. The summed E-state index contributed by atoms with van der Waals surface area (Å²) < 4.78 is 8.39. The molecule has 0 aliphatic heterocycles. The Bertz CT molecular complexity index is 658. The molecule has 4 heteroatoms. The fraction of sp³-hybridized carbons (Fsp3) is 0. The Morgan fingerprint density at radius 3 is 2.76 bits per heavy atom. The molecular formula is C13H9N3S. The molecule has 3 nitrogen and oxygen atoms in total. The largest absolute Gasteiger partial charge is 0.257 e. The maximum absolute atomic E-state index is 4.23. The lowest BCUT2D eigenvalue weighted by Crippen LogP contribution is -1.77. The molecule has 0 saturated carbocycles. The quantitative estimate of drug-likeness (QED) is 0.689. The van der Waals surface area contributed by atoms with Gasteiger partial charge in [0, 0.05) is 6.20 Å². The minimum absolute atomic E-state index is 0.943. The Morgan fingerprint density at radius 1 is 0.941 bits per heavy atom. The Morgan fingerprint density at radius 2 is 1.88 bits per heavy atom. The predicted octanol–water partition coefficient (Wildman–Crippen LogP) is 3.26. The van der Waals surface area contributed by atoms with E-state index in [-0.39, 0.29) is 0 Å². The topological polar surface area (TPSA) is 38.7 Å². The predicted molar refractivity (Wildman–Crippen MR) is 70.6 cm³/mol. The molecule has 0 fully saturated rings. The molecule has 82 valence electrons. The van der Waals surface area contributed by atoms with Crippen LogP contribution in [0, 0.1) is 0 Å². The maximum Gasteiger partial charge on any atom is 0.105 e. The number of hydrogen-bond donors (Lipinski definition) is 0. The first-order valence-electron chi connectivity index (χ1n) is 5.23. The number of rotatable bonds is 2. The summed E-state index contributed by atoms with van der Waals surface area (Å²) in [5, 5.41) is 0. The van der Waals surface area contributed by atoms with Crippen LogP contribution in [-0.4, -0.2) is 13.7 Å². The Hall–Kier alpha value is -2.07. The van der Waals surface area contributed by atoms with Gasteiger partial charge >= 0.3 is 0 Å². The standard InChI is InChI=1S/C13H9N3S/c1-2-8-14-11(3-1)6-4-10-5-7-12-13(9-10)16-17-15-12/h1-9H. The van der Waals surface area contributed by atoms with Crippen LogP contribution in [0.4, 0.5) is 0 Å². The van der Waals surface area contributed by atoms with Crippen molar-refractivity contribution in [1.82, 2.24) is 13.7 Å². The van der Waals surface area contributed by atoms with Crippen LogP contribution in [0.3, 0.4) is 0 Å². The highest BCUT2D eigenvalue weighted by Gasteiger charge is 1.97. The van der Waals surface area contributed by atoms with Crippen LogP contribution in [0.5, 0.6) is 0 Å². The van der Waals surface area contributed by atoms with Crippen LogP contribution in [0.25, 0.3) is 23.2 Å². The summed E-state index contributed by atoms with van der Waals surface area (Å²) in [6, 6.07) is 11.9. The lowest BCUT2D eigenvalue weighted by atomic mass is 10.1. The first-order chi connectivity index (χ1) is 8.42. The Balaban J connectivity index is 1.92. The van der Waals surface area contributed by atoms with E-state index in [1.807, 2.05) is 48.6 Å². The molecule has 0 spiro atoms. The third-order valence-corrected chi connectivity index (χ3v) is 2.97. The highest BCUT2D eigenvalue weighted by atomic mass is 32.1. The monoisotopic (exact) mass is 239 g/mol. The molecule has 3 aromatic rings. The van der Waals surface area contributed by atoms with Crippen LogP contribution in [-0.2, 0) is 0 Å². The summed E-state index contributed by atoms with van der Waals surface area (Å²) >= 11 is 1.24. The van der Waals surface area contributed by atoms with Gasteiger partial charge in [0.05, 0.1) is 17.4 Å². The minimum atomic E-state index is 0.943. The van der Waals surface area contributed by atoms with Crippen LogP contribution in [0.1, 0.15) is 11.3 Å². The third kappa shape index (κ3) is 2.21. The van der Waals surface area contributed by atoms with Crippen LogP contribution in [0.2, 0.25) is 0 Å². The van der Waals surface area contributed by atoms with Gasteiger partial charge in [0.1, 0.15) is 11.0 Å². The van der Waals surface area contributed by atoms with Crippen molar-refractivity contribution in [2.45, 2.75) is 0 Å². The molecule has 0 bridgehead atoms. The zero-order valence-corrected chi connectivity index (χ0v) is 9.76. The van der Waals surface area contributed by atoms with Gasteiger partial charge in [0.25, 0.3) is 0 Å². The second-order valence-electron chi connectivity index (χ2n) is 3.60. The number of fused-ring (bicyclic) bond motifs is 1.